The molecule has 3 aromatic rings. The molecule has 14 heteroatoms. The number of nitrogens with one attached hydrogen (secondary N) is 1. The Balaban J connectivity index is 1.38. The Morgan fingerprint density at radius 3 is 2.77 bits per heavy atom. The number of thioether (sulfide) groups is 1. The van der Waals surface area contributed by atoms with Crippen molar-refractivity contribution in [2.75, 3.05) is 16.0 Å². The standard InChI is InChI=1S/C26H20ClN7O4S2/c27-17-10-9-15(34(37)38)11-18(17)30-21(36)13-39-26-32-31-25(40-26)33-19-7-4-8-20(35)23(19)22(16(12-28)24(33)29)14-5-2-1-3-6-14/h1-3,5-6,9-11,22H,4,7-8,13,29H2,(H,30,36). The molecule has 2 aromatic carbocycles. The molecule has 1 aliphatic heterocycles. The Bertz CT molecular complexity index is 1630. The van der Waals surface area contributed by atoms with Crippen LogP contribution in [0.1, 0.15) is 30.7 Å². The number of nitro benzene ring substituents is 1. The molecular formula is C26H20ClN7O4S2. The molecule has 0 fully saturated rings. The van der Waals surface area contributed by atoms with E-state index in [9.17, 15) is 25.0 Å². The molecule has 5 rings (SSSR count). The number of rotatable bonds is 7. The Labute approximate surface area is 241 Å². The maximum Gasteiger partial charge on any atom is 0.271 e. The molecule has 0 saturated heterocycles. The van der Waals surface area contributed by atoms with Crippen LogP contribution < -0.4 is 16.0 Å². The number of non-ortho nitro benzene ring substituents is 1. The van der Waals surface area contributed by atoms with Gasteiger partial charge >= 0.3 is 0 Å². The van der Waals surface area contributed by atoms with Gasteiger partial charge in [0.25, 0.3) is 5.69 Å². The second-order valence-electron chi connectivity index (χ2n) is 8.84. The van der Waals surface area contributed by atoms with Gasteiger partial charge in [-0.05, 0) is 24.5 Å². The fourth-order valence-electron chi connectivity index (χ4n) is 4.67. The first kappa shape index (κ1) is 27.3. The summed E-state index contributed by atoms with van der Waals surface area (Å²) in [5.41, 5.74) is 8.80. The minimum atomic E-state index is -0.579. The molecule has 11 nitrogen and oxygen atoms in total. The zero-order chi connectivity index (χ0) is 28.4. The molecule has 0 radical (unpaired) electrons. The van der Waals surface area contributed by atoms with Gasteiger partial charge in [-0.1, -0.05) is 65.0 Å². The minimum Gasteiger partial charge on any atom is -0.384 e. The Hall–Kier alpha value is -4.25. The monoisotopic (exact) mass is 593 g/mol. The number of hydrogen-bond donors (Lipinski definition) is 2. The first-order valence-corrected chi connectivity index (χ1v) is 14.2. The third kappa shape index (κ3) is 5.29. The maximum absolute atomic E-state index is 13.2. The molecular weight excluding hydrogens is 574 g/mol. The van der Waals surface area contributed by atoms with Gasteiger partial charge in [-0.3, -0.25) is 24.6 Å². The maximum atomic E-state index is 13.2. The molecule has 0 spiro atoms. The molecule has 0 saturated carbocycles. The van der Waals surface area contributed by atoms with E-state index in [1.54, 1.807) is 4.90 Å². The van der Waals surface area contributed by atoms with Crippen LogP contribution in [0.4, 0.5) is 16.5 Å². The van der Waals surface area contributed by atoms with Crippen molar-refractivity contribution in [3.05, 3.63) is 91.9 Å². The molecule has 0 bridgehead atoms. The molecule has 1 unspecified atom stereocenters. The summed E-state index contributed by atoms with van der Waals surface area (Å²) in [6.45, 7) is 0. The van der Waals surface area contributed by atoms with E-state index < -0.39 is 16.7 Å². The van der Waals surface area contributed by atoms with E-state index in [4.69, 9.17) is 17.3 Å². The predicted molar refractivity (Wildman–Crippen MR) is 152 cm³/mol. The first-order valence-electron chi connectivity index (χ1n) is 12.0. The van der Waals surface area contributed by atoms with E-state index in [2.05, 4.69) is 21.6 Å². The molecule has 1 aliphatic carbocycles. The number of aromatic nitrogens is 2. The number of benzene rings is 2. The van der Waals surface area contributed by atoms with Crippen LogP contribution in [0, 0.1) is 21.4 Å². The van der Waals surface area contributed by atoms with E-state index in [-0.39, 0.29) is 39.3 Å². The van der Waals surface area contributed by atoms with Crippen molar-refractivity contribution in [1.29, 1.82) is 5.26 Å². The summed E-state index contributed by atoms with van der Waals surface area (Å²) in [5, 5.41) is 32.7. The van der Waals surface area contributed by atoms with Gasteiger partial charge in [0.05, 0.1) is 38.9 Å². The molecule has 1 amide bonds. The average Bonchev–Trinajstić information content (AvgIpc) is 3.41. The number of carbonyl (C=O) groups excluding carboxylic acids is 2. The highest BCUT2D eigenvalue weighted by Gasteiger charge is 2.41. The molecule has 3 N–H and O–H groups in total. The Morgan fingerprint density at radius 2 is 2.05 bits per heavy atom. The van der Waals surface area contributed by atoms with Gasteiger partial charge in [-0.2, -0.15) is 5.26 Å². The second kappa shape index (κ2) is 11.5. The summed E-state index contributed by atoms with van der Waals surface area (Å²) in [4.78, 5) is 37.8. The highest BCUT2D eigenvalue weighted by atomic mass is 35.5. The van der Waals surface area contributed by atoms with E-state index in [0.717, 1.165) is 17.3 Å². The predicted octanol–water partition coefficient (Wildman–Crippen LogP) is 5.14. The molecule has 1 aromatic heterocycles. The van der Waals surface area contributed by atoms with Crippen molar-refractivity contribution < 1.29 is 14.5 Å². The number of amides is 1. The van der Waals surface area contributed by atoms with Crippen molar-refractivity contribution >= 4 is 62.9 Å². The van der Waals surface area contributed by atoms with Crippen molar-refractivity contribution in [1.82, 2.24) is 10.2 Å². The smallest absolute Gasteiger partial charge is 0.271 e. The lowest BCUT2D eigenvalue weighted by Gasteiger charge is -2.38. The fourth-order valence-corrected chi connectivity index (χ4v) is 6.52. The highest BCUT2D eigenvalue weighted by molar-refractivity contribution is 8.01. The molecule has 202 valence electrons. The number of nitro groups is 1. The molecule has 1 atom stereocenters. The number of allylic oxidation sites excluding steroid dienone is 3. The topological polar surface area (TPSA) is 168 Å². The quantitative estimate of drug-likeness (QED) is 0.212. The van der Waals surface area contributed by atoms with Gasteiger partial charge in [0.15, 0.2) is 10.1 Å². The van der Waals surface area contributed by atoms with Crippen molar-refractivity contribution in [2.24, 2.45) is 5.73 Å². The Morgan fingerprint density at radius 1 is 1.27 bits per heavy atom. The van der Waals surface area contributed by atoms with Crippen LogP contribution in [0.5, 0.6) is 0 Å². The zero-order valence-electron chi connectivity index (χ0n) is 20.7. The van der Waals surface area contributed by atoms with Crippen LogP contribution in [-0.2, 0) is 9.59 Å². The van der Waals surface area contributed by atoms with Crippen molar-refractivity contribution in [2.45, 2.75) is 29.5 Å². The normalized spacial score (nSPS) is 16.9. The minimum absolute atomic E-state index is 0.0315. The number of ketones is 1. The summed E-state index contributed by atoms with van der Waals surface area (Å²) >= 11 is 8.35. The number of anilines is 2. The van der Waals surface area contributed by atoms with Crippen LogP contribution >= 0.6 is 34.7 Å². The third-order valence-corrected chi connectivity index (χ3v) is 8.77. The summed E-state index contributed by atoms with van der Waals surface area (Å²) < 4.78 is 0.455. The van der Waals surface area contributed by atoms with Crippen LogP contribution in [0.3, 0.4) is 0 Å². The van der Waals surface area contributed by atoms with E-state index in [0.29, 0.717) is 40.0 Å². The highest BCUT2D eigenvalue weighted by Crippen LogP contribution is 2.47. The summed E-state index contributed by atoms with van der Waals surface area (Å²) in [7, 11) is 0. The van der Waals surface area contributed by atoms with Crippen LogP contribution in [0.15, 0.2) is 75.5 Å². The van der Waals surface area contributed by atoms with Gasteiger partial charge in [-0.15, -0.1) is 10.2 Å². The van der Waals surface area contributed by atoms with Gasteiger partial charge in [0, 0.05) is 29.8 Å². The summed E-state index contributed by atoms with van der Waals surface area (Å²) in [6, 6.07) is 15.3. The Kier molecular flexibility index (Phi) is 7.83. The molecule has 2 aliphatic rings. The number of carbonyl (C=O) groups is 2. The van der Waals surface area contributed by atoms with E-state index >= 15 is 0 Å². The van der Waals surface area contributed by atoms with Crippen molar-refractivity contribution in [3.8, 4) is 6.07 Å². The number of nitriles is 1. The number of halogens is 1. The number of hydrogen-bond acceptors (Lipinski definition) is 11. The van der Waals surface area contributed by atoms with Gasteiger partial charge < -0.3 is 11.1 Å². The van der Waals surface area contributed by atoms with Crippen molar-refractivity contribution in [3.63, 3.8) is 0 Å². The van der Waals surface area contributed by atoms with Gasteiger partial charge in [-0.25, -0.2) is 0 Å². The van der Waals surface area contributed by atoms with Crippen LogP contribution in [0.2, 0.25) is 5.02 Å². The number of nitrogens with zero attached hydrogens (tertiary/aromatic N) is 5. The molecule has 2 heterocycles. The largest absolute Gasteiger partial charge is 0.384 e. The summed E-state index contributed by atoms with van der Waals surface area (Å²) in [6.07, 6.45) is 1.61. The first-order chi connectivity index (χ1) is 19.3. The lowest BCUT2D eigenvalue weighted by Crippen LogP contribution is -2.38. The lowest BCUT2D eigenvalue weighted by molar-refractivity contribution is -0.384. The zero-order valence-corrected chi connectivity index (χ0v) is 23.1. The SMILES string of the molecule is N#CC1=C(N)N(c2nnc(SCC(=O)Nc3cc([N+](=O)[O-])ccc3Cl)s2)C2=C(C(=O)CCC2)C1c1ccccc1. The second-order valence-corrected chi connectivity index (χ2v) is 11.4. The van der Waals surface area contributed by atoms with Gasteiger partial charge in [0.2, 0.25) is 11.0 Å². The van der Waals surface area contributed by atoms with E-state index in [1.807, 2.05) is 30.3 Å². The van der Waals surface area contributed by atoms with E-state index in [1.165, 1.54) is 29.5 Å². The molecule has 40 heavy (non-hydrogen) atoms. The summed E-state index contributed by atoms with van der Waals surface area (Å²) in [5.74, 6) is -0.907. The lowest BCUT2D eigenvalue weighted by atomic mass is 9.76. The van der Waals surface area contributed by atoms with Crippen LogP contribution in [0.25, 0.3) is 0 Å². The van der Waals surface area contributed by atoms with Gasteiger partial charge in [0.1, 0.15) is 5.82 Å². The third-order valence-electron chi connectivity index (χ3n) is 6.39. The fraction of sp³-hybridized carbons (Fsp3) is 0.192. The van der Waals surface area contributed by atoms with Crippen LogP contribution in [-0.4, -0.2) is 32.6 Å². The number of Topliss-reactive ketones (excluding diaryl/α,β-unsaturated/α-hetero) is 1. The number of nitrogens with two attached hydrogens (primary N) is 1. The average molecular weight is 594 g/mol.